The molecule has 1 aromatic rings. The average molecular weight is 358 g/mol. The molecule has 3 N–H and O–H groups in total. The van der Waals surface area contributed by atoms with Gasteiger partial charge in [0.25, 0.3) is 10.0 Å². The van der Waals surface area contributed by atoms with E-state index in [2.05, 4.69) is 15.0 Å². The molecule has 1 aliphatic heterocycles. The lowest BCUT2D eigenvalue weighted by Crippen LogP contribution is -2.51. The third-order valence-corrected chi connectivity index (χ3v) is 4.65. The molecule has 0 aliphatic carbocycles. The Hall–Kier alpha value is -2.04. The molecule has 10 heteroatoms. The van der Waals surface area contributed by atoms with Crippen molar-refractivity contribution >= 4 is 16.0 Å². The first-order chi connectivity index (χ1) is 11.4. The Labute approximate surface area is 141 Å². The molecule has 0 saturated heterocycles. The molecule has 1 heterocycles. The lowest BCUT2D eigenvalue weighted by atomic mass is 10.3. The monoisotopic (exact) mass is 358 g/mol. The Kier molecular flexibility index (Phi) is 5.86. The van der Waals surface area contributed by atoms with Crippen LogP contribution in [-0.2, 0) is 10.0 Å². The van der Waals surface area contributed by atoms with Gasteiger partial charge in [0.1, 0.15) is 0 Å². The van der Waals surface area contributed by atoms with Crippen molar-refractivity contribution in [1.29, 1.82) is 0 Å². The zero-order valence-electron chi connectivity index (χ0n) is 13.8. The summed E-state index contributed by atoms with van der Waals surface area (Å²) in [7, 11) is -0.893. The molecule has 0 radical (unpaired) electrons. The molecular formula is C14H22N4O5S. The molecule has 0 unspecified atom stereocenters. The normalized spacial score (nSPS) is 16.8. The van der Waals surface area contributed by atoms with E-state index in [1.165, 1.54) is 32.4 Å². The van der Waals surface area contributed by atoms with Gasteiger partial charge in [-0.05, 0) is 19.1 Å². The molecule has 0 saturated carbocycles. The number of benzene rings is 1. The first-order valence-corrected chi connectivity index (χ1v) is 8.77. The topological polar surface area (TPSA) is 112 Å². The van der Waals surface area contributed by atoms with Crippen LogP contribution in [0.4, 0.5) is 0 Å². The number of hydrogen-bond donors (Lipinski definition) is 3. The van der Waals surface area contributed by atoms with Gasteiger partial charge in [0, 0.05) is 12.6 Å². The van der Waals surface area contributed by atoms with Crippen molar-refractivity contribution < 1.29 is 23.0 Å². The maximum absolute atomic E-state index is 12.4. The van der Waals surface area contributed by atoms with Gasteiger partial charge in [0.05, 0.1) is 38.6 Å². The maximum atomic E-state index is 12.4. The lowest BCUT2D eigenvalue weighted by Gasteiger charge is -2.27. The first kappa shape index (κ1) is 18.3. The summed E-state index contributed by atoms with van der Waals surface area (Å²) >= 11 is 0. The number of nitrogens with zero attached hydrogens (tertiary/aromatic N) is 2. The van der Waals surface area contributed by atoms with Crippen LogP contribution in [0, 0.1) is 0 Å². The van der Waals surface area contributed by atoms with Gasteiger partial charge in [0.15, 0.2) is 11.5 Å². The van der Waals surface area contributed by atoms with Gasteiger partial charge in [-0.3, -0.25) is 4.90 Å². The van der Waals surface area contributed by atoms with Crippen molar-refractivity contribution in [2.45, 2.75) is 17.9 Å². The molecule has 24 heavy (non-hydrogen) atoms. The van der Waals surface area contributed by atoms with Crippen molar-refractivity contribution in [2.24, 2.45) is 4.99 Å². The molecule has 0 bridgehead atoms. The van der Waals surface area contributed by atoms with E-state index in [-0.39, 0.29) is 10.9 Å². The van der Waals surface area contributed by atoms with Crippen molar-refractivity contribution in [1.82, 2.24) is 14.9 Å². The van der Waals surface area contributed by atoms with Gasteiger partial charge >= 0.3 is 0 Å². The van der Waals surface area contributed by atoms with Crippen molar-refractivity contribution in [3.05, 3.63) is 18.2 Å². The van der Waals surface area contributed by atoms with E-state index in [4.69, 9.17) is 9.47 Å². The van der Waals surface area contributed by atoms with E-state index in [0.717, 1.165) is 0 Å². The summed E-state index contributed by atoms with van der Waals surface area (Å²) in [5.74, 6) is 0.923. The number of methoxy groups -OCH3 is 2. The number of aliphatic hydroxyl groups excluding tert-OH is 1. The predicted molar refractivity (Wildman–Crippen MR) is 88.6 cm³/mol. The van der Waals surface area contributed by atoms with Crippen LogP contribution in [0.5, 0.6) is 11.5 Å². The fraction of sp³-hybridized carbons (Fsp3) is 0.500. The average Bonchev–Trinajstić information content (AvgIpc) is 2.55. The summed E-state index contributed by atoms with van der Waals surface area (Å²) in [5.41, 5.74) is 0. The Morgan fingerprint density at radius 3 is 2.62 bits per heavy atom. The largest absolute Gasteiger partial charge is 0.493 e. The van der Waals surface area contributed by atoms with Crippen molar-refractivity contribution in [2.75, 3.05) is 34.1 Å². The van der Waals surface area contributed by atoms with E-state index >= 15 is 0 Å². The quantitative estimate of drug-likeness (QED) is 0.631. The van der Waals surface area contributed by atoms with Crippen molar-refractivity contribution in [3.63, 3.8) is 0 Å². The molecule has 9 nitrogen and oxygen atoms in total. The van der Waals surface area contributed by atoms with Gasteiger partial charge in [-0.1, -0.05) is 0 Å². The predicted octanol–water partition coefficient (Wildman–Crippen LogP) is -0.461. The van der Waals surface area contributed by atoms with Gasteiger partial charge in [-0.2, -0.15) is 0 Å². The second-order valence-corrected chi connectivity index (χ2v) is 6.99. The van der Waals surface area contributed by atoms with Crippen LogP contribution in [0.25, 0.3) is 0 Å². The zero-order chi connectivity index (χ0) is 17.7. The number of rotatable bonds is 6. The van der Waals surface area contributed by atoms with Gasteiger partial charge in [0.2, 0.25) is 5.96 Å². The third kappa shape index (κ3) is 4.49. The first-order valence-electron chi connectivity index (χ1n) is 7.29. The molecule has 0 fully saturated rings. The van der Waals surface area contributed by atoms with E-state index in [1.807, 2.05) is 4.90 Å². The Bertz CT molecular complexity index is 705. The molecule has 1 aliphatic rings. The fourth-order valence-corrected chi connectivity index (χ4v) is 3.22. The summed E-state index contributed by atoms with van der Waals surface area (Å²) in [5, 5.41) is 12.2. The van der Waals surface area contributed by atoms with E-state index in [9.17, 15) is 13.5 Å². The fourth-order valence-electron chi connectivity index (χ4n) is 2.20. The number of aliphatic hydroxyl groups is 1. The minimum Gasteiger partial charge on any atom is -0.493 e. The second-order valence-electron chi connectivity index (χ2n) is 5.31. The second kappa shape index (κ2) is 7.69. The number of hydrogen-bond acceptors (Lipinski definition) is 8. The smallest absolute Gasteiger partial charge is 0.264 e. The van der Waals surface area contributed by atoms with Crippen LogP contribution in [0.15, 0.2) is 28.1 Å². The highest BCUT2D eigenvalue weighted by Crippen LogP contribution is 2.29. The summed E-state index contributed by atoms with van der Waals surface area (Å²) in [6, 6.07) is 4.32. The molecule has 0 spiro atoms. The van der Waals surface area contributed by atoms with Crippen LogP contribution in [0.3, 0.4) is 0 Å². The Balaban J connectivity index is 2.10. The van der Waals surface area contributed by atoms with Crippen LogP contribution in [0.1, 0.15) is 6.92 Å². The highest BCUT2D eigenvalue weighted by molar-refractivity contribution is 7.90. The standard InChI is InChI=1S/C14H22N4O5S/c1-10(19)7-18-8-15-14(16-9-18)17-24(20,21)11-4-5-12(22-2)13(6-11)23-3/h4-6,10,19H,7-9H2,1-3H3,(H2,15,16,17)/t10-/m0/s1. The summed E-state index contributed by atoms with van der Waals surface area (Å²) in [4.78, 5) is 6.01. The number of guanidine groups is 1. The van der Waals surface area contributed by atoms with Crippen LogP contribution in [-0.4, -0.2) is 64.6 Å². The third-order valence-electron chi connectivity index (χ3n) is 3.32. The molecule has 1 atom stereocenters. The lowest BCUT2D eigenvalue weighted by molar-refractivity contribution is 0.123. The SMILES string of the molecule is COc1ccc(S(=O)(=O)NC2=NCN(C[C@H](C)O)CN2)cc1OC. The number of β-amino-alcohol motifs (C(OH)–C–C–N with tert-alkyl or cyclic N) is 1. The number of nitrogens with one attached hydrogen (secondary N) is 2. The van der Waals surface area contributed by atoms with Crippen LogP contribution >= 0.6 is 0 Å². The van der Waals surface area contributed by atoms with Gasteiger partial charge in [-0.25, -0.2) is 18.1 Å². The van der Waals surface area contributed by atoms with E-state index < -0.39 is 16.1 Å². The molecule has 134 valence electrons. The summed E-state index contributed by atoms with van der Waals surface area (Å²) in [6.45, 7) is 2.81. The molecule has 0 aromatic heterocycles. The van der Waals surface area contributed by atoms with Crippen LogP contribution < -0.4 is 19.5 Å². The number of ether oxygens (including phenoxy) is 2. The zero-order valence-corrected chi connectivity index (χ0v) is 14.6. The van der Waals surface area contributed by atoms with E-state index in [0.29, 0.717) is 31.4 Å². The number of sulfonamides is 1. The Morgan fingerprint density at radius 2 is 2.08 bits per heavy atom. The van der Waals surface area contributed by atoms with Crippen LogP contribution in [0.2, 0.25) is 0 Å². The molecular weight excluding hydrogens is 336 g/mol. The molecule has 0 amide bonds. The highest BCUT2D eigenvalue weighted by atomic mass is 32.2. The van der Waals surface area contributed by atoms with E-state index in [1.54, 1.807) is 6.92 Å². The Morgan fingerprint density at radius 1 is 1.38 bits per heavy atom. The van der Waals surface area contributed by atoms with Crippen molar-refractivity contribution in [3.8, 4) is 11.5 Å². The van der Waals surface area contributed by atoms with Gasteiger partial charge < -0.3 is 19.9 Å². The summed E-state index contributed by atoms with van der Waals surface area (Å²) in [6.07, 6.45) is -0.480. The highest BCUT2D eigenvalue weighted by Gasteiger charge is 2.21. The maximum Gasteiger partial charge on any atom is 0.264 e. The minimum atomic E-state index is -3.80. The summed E-state index contributed by atoms with van der Waals surface area (Å²) < 4.78 is 37.5. The molecule has 2 rings (SSSR count). The molecule has 1 aromatic carbocycles. The van der Waals surface area contributed by atoms with Gasteiger partial charge in [-0.15, -0.1) is 0 Å². The number of aliphatic imine (C=N–C) groups is 1. The minimum absolute atomic E-state index is 0.0380.